The predicted octanol–water partition coefficient (Wildman–Crippen LogP) is -0.567. The van der Waals surface area contributed by atoms with E-state index >= 15 is 0 Å². The van der Waals surface area contributed by atoms with E-state index in [4.69, 9.17) is 0 Å². The van der Waals surface area contributed by atoms with E-state index in [9.17, 15) is 8.42 Å². The van der Waals surface area contributed by atoms with Gasteiger partial charge in [0.1, 0.15) is 5.88 Å². The minimum Gasteiger partial charge on any atom is -0.377 e. The van der Waals surface area contributed by atoms with Gasteiger partial charge in [0.15, 0.2) is 9.84 Å². The Bertz CT molecular complexity index is 179. The maximum Gasteiger partial charge on any atom is 0.190 e. The molecule has 1 aliphatic rings. The van der Waals surface area contributed by atoms with E-state index in [1.54, 1.807) is 0 Å². The van der Waals surface area contributed by atoms with Gasteiger partial charge in [-0.1, -0.05) is 0 Å². The lowest BCUT2D eigenvalue weighted by atomic mass is 11.0. The van der Waals surface area contributed by atoms with E-state index in [1.807, 2.05) is 0 Å². The van der Waals surface area contributed by atoms with Crippen molar-refractivity contribution >= 4 is 9.84 Å². The van der Waals surface area contributed by atoms with Crippen molar-refractivity contribution in [3.05, 3.63) is 11.6 Å². The second kappa shape index (κ2) is 1.23. The van der Waals surface area contributed by atoms with Crippen LogP contribution >= 0.6 is 0 Å². The van der Waals surface area contributed by atoms with E-state index < -0.39 is 9.84 Å². The smallest absolute Gasteiger partial charge is 0.190 e. The zero-order valence-electron chi connectivity index (χ0n) is 3.59. The highest BCUT2D eigenvalue weighted by molar-refractivity contribution is 7.94. The Kier molecular flexibility index (Phi) is 0.815. The number of hydrogen-bond acceptors (Lipinski definition) is 3. The Morgan fingerprint density at radius 1 is 1.57 bits per heavy atom. The maximum absolute atomic E-state index is 10.3. The van der Waals surface area contributed by atoms with Crippen LogP contribution in [0.4, 0.5) is 0 Å². The molecule has 1 rings (SSSR count). The van der Waals surface area contributed by atoms with Gasteiger partial charge in [-0.05, 0) is 0 Å². The molecule has 0 amide bonds. The third-order valence-electron chi connectivity index (χ3n) is 0.678. The van der Waals surface area contributed by atoms with E-state index in [0.29, 0.717) is 0 Å². The van der Waals surface area contributed by atoms with Crippen LogP contribution in [0.25, 0.3) is 0 Å². The zero-order valence-corrected chi connectivity index (χ0v) is 4.40. The van der Waals surface area contributed by atoms with Crippen LogP contribution in [0.5, 0.6) is 0 Å². The van der Waals surface area contributed by atoms with Crippen LogP contribution in [0.2, 0.25) is 0 Å². The molecule has 1 heterocycles. The number of sulfone groups is 1. The van der Waals surface area contributed by atoms with Gasteiger partial charge in [-0.15, -0.1) is 0 Å². The first kappa shape index (κ1) is 4.64. The first-order valence-corrected chi connectivity index (χ1v) is 3.55. The SMILES string of the molecule is O=S1(=O)C=CNC1. The molecular formula is C3H5NO2S. The van der Waals surface area contributed by atoms with E-state index in [-0.39, 0.29) is 5.88 Å². The van der Waals surface area contributed by atoms with Crippen molar-refractivity contribution in [3.63, 3.8) is 0 Å². The fourth-order valence-electron chi connectivity index (χ4n) is 0.364. The van der Waals surface area contributed by atoms with Crippen LogP contribution in [0.15, 0.2) is 11.6 Å². The molecule has 0 spiro atoms. The van der Waals surface area contributed by atoms with E-state index in [0.717, 1.165) is 5.41 Å². The summed E-state index contributed by atoms with van der Waals surface area (Å²) in [7, 11) is -2.84. The van der Waals surface area contributed by atoms with Crippen LogP contribution in [0, 0.1) is 0 Å². The van der Waals surface area contributed by atoms with Crippen molar-refractivity contribution in [1.82, 2.24) is 5.32 Å². The molecule has 3 nitrogen and oxygen atoms in total. The molecule has 4 heteroatoms. The number of rotatable bonds is 0. The molecule has 0 fully saturated rings. The summed E-state index contributed by atoms with van der Waals surface area (Å²) in [6, 6.07) is 0. The van der Waals surface area contributed by atoms with Crippen LogP contribution < -0.4 is 5.32 Å². The van der Waals surface area contributed by atoms with Crippen molar-refractivity contribution in [2.45, 2.75) is 0 Å². The average molecular weight is 119 g/mol. The summed E-state index contributed by atoms with van der Waals surface area (Å²) in [5, 5.41) is 3.70. The molecule has 0 radical (unpaired) electrons. The number of nitrogens with one attached hydrogen (secondary N) is 1. The minimum atomic E-state index is -2.84. The first-order chi connectivity index (χ1) is 3.21. The standard InChI is InChI=1S/C3H5NO2S/c5-7(6)2-1-4-3-7/h1-2,4H,3H2. The second-order valence-electron chi connectivity index (χ2n) is 1.31. The molecule has 0 unspecified atom stereocenters. The van der Waals surface area contributed by atoms with E-state index in [2.05, 4.69) is 5.32 Å². The molecule has 0 aromatic heterocycles. The molecule has 0 aromatic carbocycles. The highest BCUT2D eigenvalue weighted by Gasteiger charge is 2.07. The van der Waals surface area contributed by atoms with Crippen LogP contribution in [-0.4, -0.2) is 14.3 Å². The lowest BCUT2D eigenvalue weighted by Crippen LogP contribution is -2.06. The van der Waals surface area contributed by atoms with Gasteiger partial charge in [-0.2, -0.15) is 0 Å². The van der Waals surface area contributed by atoms with E-state index in [1.165, 1.54) is 6.20 Å². The Morgan fingerprint density at radius 2 is 2.29 bits per heavy atom. The Hall–Kier alpha value is -0.510. The van der Waals surface area contributed by atoms with Gasteiger partial charge in [0.25, 0.3) is 0 Å². The monoisotopic (exact) mass is 119 g/mol. The van der Waals surface area contributed by atoms with Crippen molar-refractivity contribution in [3.8, 4) is 0 Å². The Labute approximate surface area is 41.9 Å². The Balaban J connectivity index is 2.99. The molecule has 1 aliphatic heterocycles. The summed E-state index contributed by atoms with van der Waals surface area (Å²) in [5.41, 5.74) is 0. The summed E-state index contributed by atoms with van der Waals surface area (Å²) >= 11 is 0. The second-order valence-corrected chi connectivity index (χ2v) is 3.20. The average Bonchev–Trinajstić information content (AvgIpc) is 1.84. The van der Waals surface area contributed by atoms with Gasteiger partial charge in [0.05, 0.1) is 0 Å². The van der Waals surface area contributed by atoms with Gasteiger partial charge in [-0.25, -0.2) is 8.42 Å². The summed E-state index contributed by atoms with van der Waals surface area (Å²) in [4.78, 5) is 0. The fraction of sp³-hybridized carbons (Fsp3) is 0.333. The lowest BCUT2D eigenvalue weighted by Gasteiger charge is -1.82. The molecule has 0 aromatic rings. The third-order valence-corrected chi connectivity index (χ3v) is 1.80. The van der Waals surface area contributed by atoms with Gasteiger partial charge in [0, 0.05) is 11.6 Å². The predicted molar refractivity (Wildman–Crippen MR) is 26.1 cm³/mol. The molecule has 0 atom stereocenters. The van der Waals surface area contributed by atoms with Crippen LogP contribution in [-0.2, 0) is 9.84 Å². The van der Waals surface area contributed by atoms with Crippen molar-refractivity contribution < 1.29 is 8.42 Å². The summed E-state index contributed by atoms with van der Waals surface area (Å²) in [6.07, 6.45) is 1.43. The normalized spacial score (nSPS) is 24.6. The summed E-state index contributed by atoms with van der Waals surface area (Å²) < 4.78 is 20.6. The molecule has 0 saturated heterocycles. The number of hydrogen-bond donors (Lipinski definition) is 1. The molecular weight excluding hydrogens is 114 g/mol. The molecule has 40 valence electrons. The minimum absolute atomic E-state index is 0.0625. The Morgan fingerprint density at radius 3 is 2.43 bits per heavy atom. The lowest BCUT2D eigenvalue weighted by molar-refractivity contribution is 0.604. The molecule has 0 aliphatic carbocycles. The summed E-state index contributed by atoms with van der Waals surface area (Å²) in [5.74, 6) is 0.0625. The topological polar surface area (TPSA) is 46.2 Å². The summed E-state index contributed by atoms with van der Waals surface area (Å²) in [6.45, 7) is 0. The molecule has 7 heavy (non-hydrogen) atoms. The van der Waals surface area contributed by atoms with Gasteiger partial charge >= 0.3 is 0 Å². The zero-order chi connectivity index (χ0) is 5.33. The van der Waals surface area contributed by atoms with Gasteiger partial charge in [-0.3, -0.25) is 0 Å². The molecule has 1 N–H and O–H groups in total. The first-order valence-electron chi connectivity index (χ1n) is 1.83. The quantitative estimate of drug-likeness (QED) is 0.464. The van der Waals surface area contributed by atoms with Crippen LogP contribution in [0.3, 0.4) is 0 Å². The van der Waals surface area contributed by atoms with Crippen molar-refractivity contribution in [1.29, 1.82) is 0 Å². The van der Waals surface area contributed by atoms with Crippen molar-refractivity contribution in [2.75, 3.05) is 5.88 Å². The highest BCUT2D eigenvalue weighted by atomic mass is 32.2. The molecule has 0 saturated carbocycles. The maximum atomic E-state index is 10.3. The van der Waals surface area contributed by atoms with Crippen LogP contribution in [0.1, 0.15) is 0 Å². The third kappa shape index (κ3) is 0.928. The fourth-order valence-corrected chi connectivity index (χ4v) is 1.09. The van der Waals surface area contributed by atoms with Crippen molar-refractivity contribution in [2.24, 2.45) is 0 Å². The molecule has 0 bridgehead atoms. The highest BCUT2D eigenvalue weighted by Crippen LogP contribution is 1.94. The largest absolute Gasteiger partial charge is 0.377 e. The van der Waals surface area contributed by atoms with Gasteiger partial charge < -0.3 is 5.32 Å². The van der Waals surface area contributed by atoms with Gasteiger partial charge in [0.2, 0.25) is 0 Å².